The molecule has 0 N–H and O–H groups in total. The molecular formula is C62H48N4O2. The molecule has 0 amide bonds. The first kappa shape index (κ1) is 40.1. The monoisotopic (exact) mass is 880 g/mol. The number of oxazole rings is 2. The molecule has 2 aromatic heterocycles. The zero-order valence-corrected chi connectivity index (χ0v) is 38.5. The molecule has 1 aliphatic carbocycles. The largest absolute Gasteiger partial charge is 0.436 e. The summed E-state index contributed by atoms with van der Waals surface area (Å²) in [7, 11) is 0. The molecule has 6 nitrogen and oxygen atoms in total. The lowest BCUT2D eigenvalue weighted by Crippen LogP contribution is -2.24. The van der Waals surface area contributed by atoms with Gasteiger partial charge in [0.15, 0.2) is 11.2 Å². The summed E-state index contributed by atoms with van der Waals surface area (Å²) in [6.45, 7) is 9.50. The van der Waals surface area contributed by atoms with E-state index in [2.05, 4.69) is 177 Å². The summed E-state index contributed by atoms with van der Waals surface area (Å²) in [4.78, 5) is 15.3. The van der Waals surface area contributed by atoms with E-state index in [1.807, 2.05) is 48.5 Å². The molecule has 0 spiro atoms. The smallest absolute Gasteiger partial charge is 0.227 e. The summed E-state index contributed by atoms with van der Waals surface area (Å²) in [5.41, 5.74) is 15.2. The van der Waals surface area contributed by atoms with Gasteiger partial charge in [-0.15, -0.1) is 0 Å². The van der Waals surface area contributed by atoms with Crippen LogP contribution in [0.15, 0.2) is 197 Å². The zero-order chi connectivity index (χ0) is 45.7. The Morgan fingerprint density at radius 1 is 0.471 bits per heavy atom. The molecule has 0 radical (unpaired) electrons. The Morgan fingerprint density at radius 3 is 1.50 bits per heavy atom. The van der Waals surface area contributed by atoms with Crippen LogP contribution in [0.2, 0.25) is 0 Å². The molecule has 6 heteroatoms. The second-order valence-corrected chi connectivity index (χ2v) is 19.2. The van der Waals surface area contributed by atoms with Gasteiger partial charge in [0.25, 0.3) is 0 Å². The maximum atomic E-state index is 6.55. The minimum Gasteiger partial charge on any atom is -0.436 e. The van der Waals surface area contributed by atoms with E-state index >= 15 is 0 Å². The van der Waals surface area contributed by atoms with E-state index in [1.54, 1.807) is 0 Å². The number of aromatic nitrogens is 2. The van der Waals surface area contributed by atoms with Crippen LogP contribution in [0.1, 0.15) is 56.7 Å². The lowest BCUT2D eigenvalue weighted by atomic mass is 9.70. The number of anilines is 6. The van der Waals surface area contributed by atoms with Crippen LogP contribution in [0.3, 0.4) is 0 Å². The van der Waals surface area contributed by atoms with E-state index in [1.165, 1.54) is 49.0 Å². The van der Waals surface area contributed by atoms with Crippen molar-refractivity contribution in [2.24, 2.45) is 0 Å². The number of nitrogens with zero attached hydrogens (tertiary/aromatic N) is 4. The molecule has 10 aromatic carbocycles. The molecule has 0 saturated carbocycles. The van der Waals surface area contributed by atoms with Crippen LogP contribution in [0.4, 0.5) is 34.1 Å². The van der Waals surface area contributed by atoms with E-state index < -0.39 is 0 Å². The molecular weight excluding hydrogens is 833 g/mol. The summed E-state index contributed by atoms with van der Waals surface area (Å²) < 4.78 is 13.1. The van der Waals surface area contributed by atoms with Crippen LogP contribution in [0.25, 0.3) is 77.4 Å². The SMILES string of the molecule is CC(C)c1cc(N(c2ccccc2)c2cccc3oc(-c4ccccc4)nc23)c2cc3c4c(cc(N(c5ccccc5)c5cccc6oc(-c7ccccc7)nc56)c5ccc1c2c54)CCC3(C)C. The molecule has 0 aliphatic heterocycles. The predicted molar refractivity (Wildman–Crippen MR) is 281 cm³/mol. The highest BCUT2D eigenvalue weighted by Crippen LogP contribution is 2.55. The van der Waals surface area contributed by atoms with Gasteiger partial charge in [0.1, 0.15) is 11.0 Å². The van der Waals surface area contributed by atoms with Gasteiger partial charge in [0.2, 0.25) is 11.8 Å². The van der Waals surface area contributed by atoms with Gasteiger partial charge >= 0.3 is 0 Å². The standard InChI is InChI=1S/C62H48N4O2/c1-38(2)46-37-52(66(43-25-15-8-16-26-43)50-28-18-30-54-59(50)64-61(68-54)40-21-11-6-12-22-40)47-36-48-55-41(33-34-62(48,3)4)35-51(45-32-31-44(46)56(47)57(45)55)65(42-23-13-7-14-24-42)49-27-17-29-53-58(49)63-60(67-53)39-19-9-5-10-20-39/h5-32,35-38H,33-34H2,1-4H3. The van der Waals surface area contributed by atoms with Crippen molar-refractivity contribution in [3.05, 3.63) is 205 Å². The minimum absolute atomic E-state index is 0.0805. The maximum Gasteiger partial charge on any atom is 0.227 e. The van der Waals surface area contributed by atoms with E-state index in [0.29, 0.717) is 11.8 Å². The fourth-order valence-corrected chi connectivity index (χ4v) is 10.9. The third kappa shape index (κ3) is 6.24. The summed E-state index contributed by atoms with van der Waals surface area (Å²) in [6.07, 6.45) is 1.99. The highest BCUT2D eigenvalue weighted by molar-refractivity contribution is 6.30. The number of para-hydroxylation sites is 4. The van der Waals surface area contributed by atoms with Gasteiger partial charge in [-0.2, -0.15) is 0 Å². The maximum absolute atomic E-state index is 6.55. The Bertz CT molecular complexity index is 3860. The molecule has 13 rings (SSSR count). The molecule has 0 fully saturated rings. The highest BCUT2D eigenvalue weighted by Gasteiger charge is 2.34. The Morgan fingerprint density at radius 2 is 0.971 bits per heavy atom. The van der Waals surface area contributed by atoms with Gasteiger partial charge in [-0.05, 0) is 148 Å². The van der Waals surface area contributed by atoms with Crippen molar-refractivity contribution in [2.75, 3.05) is 9.80 Å². The summed E-state index contributed by atoms with van der Waals surface area (Å²) in [5.74, 6) is 1.44. The minimum atomic E-state index is -0.0805. The molecule has 12 aromatic rings. The first-order valence-corrected chi connectivity index (χ1v) is 23.7. The summed E-state index contributed by atoms with van der Waals surface area (Å²) >= 11 is 0. The van der Waals surface area contributed by atoms with Crippen molar-refractivity contribution in [1.29, 1.82) is 0 Å². The van der Waals surface area contributed by atoms with Crippen molar-refractivity contribution in [1.82, 2.24) is 9.97 Å². The topological polar surface area (TPSA) is 58.5 Å². The van der Waals surface area contributed by atoms with Crippen LogP contribution >= 0.6 is 0 Å². The van der Waals surface area contributed by atoms with Crippen molar-refractivity contribution in [3.8, 4) is 22.9 Å². The number of benzene rings is 10. The van der Waals surface area contributed by atoms with Crippen LogP contribution < -0.4 is 9.80 Å². The van der Waals surface area contributed by atoms with Crippen LogP contribution in [0.5, 0.6) is 0 Å². The molecule has 2 heterocycles. The number of aryl methyl sites for hydroxylation is 1. The van der Waals surface area contributed by atoms with Gasteiger partial charge in [-0.25, -0.2) is 9.97 Å². The molecule has 68 heavy (non-hydrogen) atoms. The van der Waals surface area contributed by atoms with Crippen LogP contribution in [-0.4, -0.2) is 9.97 Å². The Balaban J connectivity index is 1.14. The summed E-state index contributed by atoms with van der Waals surface area (Å²) in [5, 5.41) is 7.64. The number of hydrogen-bond acceptors (Lipinski definition) is 6. The van der Waals surface area contributed by atoms with E-state index in [4.69, 9.17) is 18.8 Å². The third-order valence-electron chi connectivity index (χ3n) is 14.3. The highest BCUT2D eigenvalue weighted by atomic mass is 16.4. The lowest BCUT2D eigenvalue weighted by molar-refractivity contribution is 0.475. The number of rotatable bonds is 9. The lowest BCUT2D eigenvalue weighted by Gasteiger charge is -2.37. The zero-order valence-electron chi connectivity index (χ0n) is 38.5. The average molecular weight is 881 g/mol. The van der Waals surface area contributed by atoms with Crippen molar-refractivity contribution in [3.63, 3.8) is 0 Å². The van der Waals surface area contributed by atoms with Gasteiger partial charge < -0.3 is 18.6 Å². The van der Waals surface area contributed by atoms with Crippen molar-refractivity contribution >= 4 is 88.6 Å². The number of fused-ring (bicyclic) bond motifs is 2. The third-order valence-corrected chi connectivity index (χ3v) is 14.3. The Kier molecular flexibility index (Phi) is 9.10. The Hall–Kier alpha value is -8.22. The quantitative estimate of drug-likeness (QED) is 0.135. The van der Waals surface area contributed by atoms with Gasteiger partial charge in [-0.1, -0.05) is 125 Å². The van der Waals surface area contributed by atoms with E-state index in [-0.39, 0.29) is 11.3 Å². The molecule has 0 saturated heterocycles. The molecule has 328 valence electrons. The van der Waals surface area contributed by atoms with Crippen LogP contribution in [0, 0.1) is 0 Å². The number of hydrogen-bond donors (Lipinski definition) is 0. The fourth-order valence-electron chi connectivity index (χ4n) is 10.9. The molecule has 1 aliphatic rings. The first-order valence-electron chi connectivity index (χ1n) is 23.7. The van der Waals surface area contributed by atoms with Crippen molar-refractivity contribution < 1.29 is 8.83 Å². The molecule has 0 unspecified atom stereocenters. The summed E-state index contributed by atoms with van der Waals surface area (Å²) in [6, 6.07) is 66.7. The first-order chi connectivity index (χ1) is 33.3. The predicted octanol–water partition coefficient (Wildman–Crippen LogP) is 17.5. The Labute approximate surface area is 395 Å². The van der Waals surface area contributed by atoms with E-state index in [9.17, 15) is 0 Å². The molecule has 0 bridgehead atoms. The van der Waals surface area contributed by atoms with Gasteiger partial charge in [-0.3, -0.25) is 0 Å². The molecule has 0 atom stereocenters. The van der Waals surface area contributed by atoms with Crippen molar-refractivity contribution in [2.45, 2.75) is 51.9 Å². The van der Waals surface area contributed by atoms with Crippen LogP contribution in [-0.2, 0) is 11.8 Å². The second-order valence-electron chi connectivity index (χ2n) is 19.2. The average Bonchev–Trinajstić information content (AvgIpc) is 4.03. The van der Waals surface area contributed by atoms with Gasteiger partial charge in [0, 0.05) is 38.7 Å². The van der Waals surface area contributed by atoms with Gasteiger partial charge in [0.05, 0.1) is 22.7 Å². The second kappa shape index (κ2) is 15.4. The normalized spacial score (nSPS) is 13.4. The van der Waals surface area contributed by atoms with E-state index in [0.717, 1.165) is 80.3 Å². The fraction of sp³-hybridized carbons (Fsp3) is 0.129.